The molecule has 2 nitrogen and oxygen atoms in total. The lowest BCUT2D eigenvalue weighted by Crippen LogP contribution is -2.35. The van der Waals surface area contributed by atoms with Crippen LogP contribution in [-0.2, 0) is 13.1 Å². The van der Waals surface area contributed by atoms with Gasteiger partial charge >= 0.3 is 0 Å². The van der Waals surface area contributed by atoms with E-state index in [1.807, 2.05) is 0 Å². The molecule has 1 aromatic carbocycles. The molecule has 1 heterocycles. The van der Waals surface area contributed by atoms with E-state index in [2.05, 4.69) is 75.0 Å². The third-order valence-corrected chi connectivity index (χ3v) is 4.29. The van der Waals surface area contributed by atoms with Crippen LogP contribution in [0.15, 0.2) is 30.5 Å². The molecule has 0 radical (unpaired) electrons. The zero-order valence-electron chi connectivity index (χ0n) is 14.2. The average molecular weight is 286 g/mol. The second kappa shape index (κ2) is 6.65. The molecule has 21 heavy (non-hydrogen) atoms. The van der Waals surface area contributed by atoms with Gasteiger partial charge in [-0.15, -0.1) is 0 Å². The van der Waals surface area contributed by atoms with E-state index in [0.717, 1.165) is 19.0 Å². The lowest BCUT2D eigenvalue weighted by Gasteiger charge is -2.20. The standard InChI is InChI=1S/C19H30N2/c1-6-15(7-2)13-21-14-16(12-20-19(3,4)5)17-10-8-9-11-18(17)21/h8-11,14-15,20H,6-7,12-13H2,1-5H3. The minimum absolute atomic E-state index is 0.151. The number of hydrogen-bond acceptors (Lipinski definition) is 1. The highest BCUT2D eigenvalue weighted by Crippen LogP contribution is 2.24. The van der Waals surface area contributed by atoms with Gasteiger partial charge in [0.05, 0.1) is 0 Å². The first-order valence-electron chi connectivity index (χ1n) is 8.26. The SMILES string of the molecule is CCC(CC)Cn1cc(CNC(C)(C)C)c2ccccc21. The maximum Gasteiger partial charge on any atom is 0.0483 e. The Balaban J connectivity index is 2.30. The van der Waals surface area contributed by atoms with Crippen molar-refractivity contribution in [3.05, 3.63) is 36.0 Å². The van der Waals surface area contributed by atoms with Crippen molar-refractivity contribution in [2.24, 2.45) is 5.92 Å². The summed E-state index contributed by atoms with van der Waals surface area (Å²) < 4.78 is 2.45. The third-order valence-electron chi connectivity index (χ3n) is 4.29. The first-order chi connectivity index (χ1) is 9.94. The predicted octanol–water partition coefficient (Wildman–Crippen LogP) is 4.97. The van der Waals surface area contributed by atoms with Crippen LogP contribution in [0.1, 0.15) is 53.0 Å². The minimum Gasteiger partial charge on any atom is -0.347 e. The van der Waals surface area contributed by atoms with Crippen LogP contribution in [0.5, 0.6) is 0 Å². The molecule has 0 aliphatic carbocycles. The van der Waals surface area contributed by atoms with E-state index >= 15 is 0 Å². The molecule has 0 aliphatic rings. The van der Waals surface area contributed by atoms with Crippen LogP contribution in [0.25, 0.3) is 10.9 Å². The first kappa shape index (κ1) is 16.1. The number of aromatic nitrogens is 1. The second-order valence-electron chi connectivity index (χ2n) is 7.11. The van der Waals surface area contributed by atoms with E-state index in [9.17, 15) is 0 Å². The van der Waals surface area contributed by atoms with E-state index in [1.54, 1.807) is 0 Å². The number of para-hydroxylation sites is 1. The highest BCUT2D eigenvalue weighted by Gasteiger charge is 2.14. The number of benzene rings is 1. The Morgan fingerprint density at radius 3 is 2.38 bits per heavy atom. The fraction of sp³-hybridized carbons (Fsp3) is 0.579. The number of hydrogen-bond donors (Lipinski definition) is 1. The third kappa shape index (κ3) is 4.10. The zero-order chi connectivity index (χ0) is 15.5. The summed E-state index contributed by atoms with van der Waals surface area (Å²) in [6.07, 6.45) is 4.85. The molecule has 0 fully saturated rings. The summed E-state index contributed by atoms with van der Waals surface area (Å²) >= 11 is 0. The Labute approximate surface area is 129 Å². The number of nitrogens with zero attached hydrogens (tertiary/aromatic N) is 1. The Bertz CT molecular complexity index is 571. The molecule has 2 aromatic rings. The molecule has 0 saturated carbocycles. The Kier molecular flexibility index (Phi) is 5.10. The van der Waals surface area contributed by atoms with Gasteiger partial charge in [0.1, 0.15) is 0 Å². The van der Waals surface area contributed by atoms with Gasteiger partial charge in [-0.05, 0) is 38.3 Å². The van der Waals surface area contributed by atoms with Crippen LogP contribution >= 0.6 is 0 Å². The van der Waals surface area contributed by atoms with Gasteiger partial charge in [0, 0.05) is 35.7 Å². The summed E-state index contributed by atoms with van der Waals surface area (Å²) in [5.74, 6) is 0.768. The summed E-state index contributed by atoms with van der Waals surface area (Å²) in [6.45, 7) is 13.3. The smallest absolute Gasteiger partial charge is 0.0483 e. The molecular formula is C19H30N2. The number of nitrogens with one attached hydrogen (secondary N) is 1. The molecule has 0 atom stereocenters. The van der Waals surface area contributed by atoms with Crippen LogP contribution in [0.3, 0.4) is 0 Å². The maximum atomic E-state index is 3.61. The zero-order valence-corrected chi connectivity index (χ0v) is 14.2. The molecule has 2 heteroatoms. The molecule has 1 aromatic heterocycles. The Morgan fingerprint density at radius 2 is 1.76 bits per heavy atom. The van der Waals surface area contributed by atoms with Crippen molar-refractivity contribution in [1.82, 2.24) is 9.88 Å². The molecule has 0 amide bonds. The van der Waals surface area contributed by atoms with E-state index in [0.29, 0.717) is 0 Å². The lowest BCUT2D eigenvalue weighted by atomic mass is 10.0. The van der Waals surface area contributed by atoms with Crippen LogP contribution in [0.4, 0.5) is 0 Å². The normalized spacial score (nSPS) is 12.5. The molecule has 0 saturated heterocycles. The highest BCUT2D eigenvalue weighted by atomic mass is 15.0. The van der Waals surface area contributed by atoms with Crippen molar-refractivity contribution in [2.75, 3.05) is 0 Å². The van der Waals surface area contributed by atoms with Gasteiger partial charge in [0.25, 0.3) is 0 Å². The van der Waals surface area contributed by atoms with E-state index in [4.69, 9.17) is 0 Å². The van der Waals surface area contributed by atoms with Crippen LogP contribution in [0, 0.1) is 5.92 Å². The average Bonchev–Trinajstić information content (AvgIpc) is 2.80. The number of rotatable bonds is 6. The Morgan fingerprint density at radius 1 is 1.10 bits per heavy atom. The summed E-state index contributed by atoms with van der Waals surface area (Å²) in [6, 6.07) is 8.79. The summed E-state index contributed by atoms with van der Waals surface area (Å²) in [5.41, 5.74) is 2.93. The molecule has 2 rings (SSSR count). The second-order valence-corrected chi connectivity index (χ2v) is 7.11. The molecule has 1 N–H and O–H groups in total. The van der Waals surface area contributed by atoms with E-state index < -0.39 is 0 Å². The van der Waals surface area contributed by atoms with E-state index in [-0.39, 0.29) is 5.54 Å². The maximum absolute atomic E-state index is 3.61. The van der Waals surface area contributed by atoms with Crippen molar-refractivity contribution < 1.29 is 0 Å². The van der Waals surface area contributed by atoms with Crippen LogP contribution < -0.4 is 5.32 Å². The molecule has 0 unspecified atom stereocenters. The topological polar surface area (TPSA) is 17.0 Å². The van der Waals surface area contributed by atoms with Crippen molar-refractivity contribution in [2.45, 2.75) is 66.1 Å². The van der Waals surface area contributed by atoms with Gasteiger partial charge in [-0.25, -0.2) is 0 Å². The molecular weight excluding hydrogens is 256 g/mol. The first-order valence-corrected chi connectivity index (χ1v) is 8.26. The fourth-order valence-corrected chi connectivity index (χ4v) is 2.80. The van der Waals surface area contributed by atoms with Gasteiger partial charge in [-0.1, -0.05) is 44.9 Å². The van der Waals surface area contributed by atoms with Gasteiger partial charge in [-0.3, -0.25) is 0 Å². The number of fused-ring (bicyclic) bond motifs is 1. The van der Waals surface area contributed by atoms with Crippen molar-refractivity contribution >= 4 is 10.9 Å². The van der Waals surface area contributed by atoms with Crippen LogP contribution in [0.2, 0.25) is 0 Å². The van der Waals surface area contributed by atoms with Crippen molar-refractivity contribution in [3.8, 4) is 0 Å². The quantitative estimate of drug-likeness (QED) is 0.793. The lowest BCUT2D eigenvalue weighted by molar-refractivity contribution is 0.418. The van der Waals surface area contributed by atoms with Gasteiger partial charge in [0.15, 0.2) is 0 Å². The predicted molar refractivity (Wildman–Crippen MR) is 92.6 cm³/mol. The Hall–Kier alpha value is -1.28. The van der Waals surface area contributed by atoms with Gasteiger partial charge in [-0.2, -0.15) is 0 Å². The molecule has 0 spiro atoms. The largest absolute Gasteiger partial charge is 0.347 e. The molecule has 116 valence electrons. The van der Waals surface area contributed by atoms with Gasteiger partial charge < -0.3 is 9.88 Å². The fourth-order valence-electron chi connectivity index (χ4n) is 2.80. The van der Waals surface area contributed by atoms with Crippen molar-refractivity contribution in [1.29, 1.82) is 0 Å². The molecule has 0 aliphatic heterocycles. The minimum atomic E-state index is 0.151. The van der Waals surface area contributed by atoms with Crippen LogP contribution in [-0.4, -0.2) is 10.1 Å². The monoisotopic (exact) mass is 286 g/mol. The van der Waals surface area contributed by atoms with Crippen molar-refractivity contribution in [3.63, 3.8) is 0 Å². The highest BCUT2D eigenvalue weighted by molar-refractivity contribution is 5.83. The molecule has 0 bridgehead atoms. The summed E-state index contributed by atoms with van der Waals surface area (Å²) in [7, 11) is 0. The van der Waals surface area contributed by atoms with Gasteiger partial charge in [0.2, 0.25) is 0 Å². The summed E-state index contributed by atoms with van der Waals surface area (Å²) in [4.78, 5) is 0. The van der Waals surface area contributed by atoms with E-state index in [1.165, 1.54) is 29.3 Å². The summed E-state index contributed by atoms with van der Waals surface area (Å²) in [5, 5.41) is 5.00.